The molecule has 80 valence electrons. The Labute approximate surface area is 101 Å². The van der Waals surface area contributed by atoms with Crippen LogP contribution in [0.25, 0.3) is 0 Å². The molecule has 0 saturated carbocycles. The second kappa shape index (κ2) is 4.90. The van der Waals surface area contributed by atoms with E-state index in [-0.39, 0.29) is 0 Å². The monoisotopic (exact) mass is 277 g/mol. The Morgan fingerprint density at radius 1 is 1.12 bits per heavy atom. The quantitative estimate of drug-likeness (QED) is 0.792. The minimum atomic E-state index is -0.411. The summed E-state index contributed by atoms with van der Waals surface area (Å²) in [7, 11) is 0. The summed E-state index contributed by atoms with van der Waals surface area (Å²) in [5, 5.41) is 0. The highest BCUT2D eigenvalue weighted by Crippen LogP contribution is 2.12. The first-order valence-corrected chi connectivity index (χ1v) is 5.44. The van der Waals surface area contributed by atoms with E-state index in [0.29, 0.717) is 11.4 Å². The molecule has 2 aromatic rings. The van der Waals surface area contributed by atoms with Gasteiger partial charge < -0.3 is 4.74 Å². The lowest BCUT2D eigenvalue weighted by molar-refractivity contribution is 0.0727. The summed E-state index contributed by atoms with van der Waals surface area (Å²) < 4.78 is 5.99. The fraction of sp³-hybridized carbons (Fsp3) is 0. The molecule has 0 bridgehead atoms. The molecule has 16 heavy (non-hydrogen) atoms. The molecule has 1 aromatic heterocycles. The Balaban J connectivity index is 2.12. The van der Waals surface area contributed by atoms with Crippen molar-refractivity contribution in [2.45, 2.75) is 0 Å². The Morgan fingerprint density at radius 2 is 1.88 bits per heavy atom. The van der Waals surface area contributed by atoms with Gasteiger partial charge >= 0.3 is 5.97 Å². The molecular weight excluding hydrogens is 270 g/mol. The van der Waals surface area contributed by atoms with Gasteiger partial charge in [0, 0.05) is 16.7 Å². The Bertz CT molecular complexity index is 482. The number of esters is 1. The van der Waals surface area contributed by atoms with Gasteiger partial charge in [-0.15, -0.1) is 0 Å². The van der Waals surface area contributed by atoms with E-state index in [0.717, 1.165) is 4.47 Å². The minimum absolute atomic E-state index is 0.301. The number of ether oxygens (including phenoxy) is 1. The van der Waals surface area contributed by atoms with Crippen LogP contribution in [0, 0.1) is 0 Å². The number of hydrogen-bond acceptors (Lipinski definition) is 3. The number of rotatable bonds is 2. The highest BCUT2D eigenvalue weighted by atomic mass is 79.9. The zero-order valence-electron chi connectivity index (χ0n) is 8.26. The van der Waals surface area contributed by atoms with Crippen LogP contribution in [0.4, 0.5) is 0 Å². The highest BCUT2D eigenvalue weighted by Gasteiger charge is 2.08. The fourth-order valence-electron chi connectivity index (χ4n) is 1.15. The van der Waals surface area contributed by atoms with Crippen LogP contribution in [-0.4, -0.2) is 11.0 Å². The molecule has 0 aliphatic carbocycles. The summed E-state index contributed by atoms with van der Waals surface area (Å²) in [6, 6.07) is 12.1. The fourth-order valence-corrected chi connectivity index (χ4v) is 1.41. The van der Waals surface area contributed by atoms with E-state index >= 15 is 0 Å². The lowest BCUT2D eigenvalue weighted by Gasteiger charge is -2.02. The second-order valence-corrected chi connectivity index (χ2v) is 3.98. The lowest BCUT2D eigenvalue weighted by Crippen LogP contribution is -2.08. The maximum absolute atomic E-state index is 11.6. The first kappa shape index (κ1) is 10.8. The van der Waals surface area contributed by atoms with Crippen LogP contribution >= 0.6 is 15.9 Å². The Hall–Kier alpha value is -1.68. The van der Waals surface area contributed by atoms with Crippen LogP contribution in [0.5, 0.6) is 5.88 Å². The number of carbonyl (C=O) groups is 1. The van der Waals surface area contributed by atoms with Crippen LogP contribution in [0.2, 0.25) is 0 Å². The van der Waals surface area contributed by atoms with E-state index in [1.807, 2.05) is 0 Å². The normalized spacial score (nSPS) is 9.81. The minimum Gasteiger partial charge on any atom is -0.404 e. The molecule has 1 heterocycles. The van der Waals surface area contributed by atoms with Crippen molar-refractivity contribution in [3.63, 3.8) is 0 Å². The average molecular weight is 278 g/mol. The van der Waals surface area contributed by atoms with Gasteiger partial charge in [-0.3, -0.25) is 0 Å². The van der Waals surface area contributed by atoms with E-state index in [4.69, 9.17) is 4.74 Å². The third-order valence-corrected chi connectivity index (χ3v) is 2.44. The molecule has 2 rings (SSSR count). The first-order chi connectivity index (χ1) is 7.75. The molecular formula is C12H8BrNO2. The Morgan fingerprint density at radius 3 is 2.50 bits per heavy atom. The molecule has 1 aromatic carbocycles. The molecule has 0 spiro atoms. The van der Waals surface area contributed by atoms with E-state index in [2.05, 4.69) is 20.9 Å². The van der Waals surface area contributed by atoms with E-state index in [1.165, 1.54) is 0 Å². The number of benzene rings is 1. The zero-order chi connectivity index (χ0) is 11.4. The van der Waals surface area contributed by atoms with Gasteiger partial charge in [0.2, 0.25) is 5.88 Å². The van der Waals surface area contributed by atoms with Crippen LogP contribution in [0.1, 0.15) is 10.4 Å². The molecule has 0 saturated heterocycles. The summed E-state index contributed by atoms with van der Waals surface area (Å²) in [5.74, 6) is -0.110. The molecule has 0 aliphatic rings. The van der Waals surface area contributed by atoms with Gasteiger partial charge in [-0.05, 0) is 30.3 Å². The number of pyridine rings is 1. The molecule has 0 unspecified atom stereocenters. The third-order valence-electron chi connectivity index (χ3n) is 1.91. The van der Waals surface area contributed by atoms with Gasteiger partial charge in [-0.2, -0.15) is 0 Å². The number of carbonyl (C=O) groups excluding carboxylic acids is 1. The summed E-state index contributed by atoms with van der Waals surface area (Å²) in [4.78, 5) is 15.6. The lowest BCUT2D eigenvalue weighted by atomic mass is 10.2. The van der Waals surface area contributed by atoms with Gasteiger partial charge in [0.25, 0.3) is 0 Å². The summed E-state index contributed by atoms with van der Waals surface area (Å²) in [5.41, 5.74) is 0.494. The van der Waals surface area contributed by atoms with Crippen LogP contribution in [0.15, 0.2) is 53.1 Å². The molecule has 0 amide bonds. The molecule has 0 N–H and O–H groups in total. The van der Waals surface area contributed by atoms with Gasteiger partial charge in [0.05, 0.1) is 5.56 Å². The van der Waals surface area contributed by atoms with Crippen molar-refractivity contribution in [1.82, 2.24) is 4.98 Å². The van der Waals surface area contributed by atoms with Gasteiger partial charge in [-0.25, -0.2) is 9.78 Å². The maximum atomic E-state index is 11.6. The average Bonchev–Trinajstić information content (AvgIpc) is 2.31. The second-order valence-electron chi connectivity index (χ2n) is 3.06. The molecule has 0 aliphatic heterocycles. The van der Waals surface area contributed by atoms with Crippen LogP contribution in [-0.2, 0) is 0 Å². The topological polar surface area (TPSA) is 39.2 Å². The summed E-state index contributed by atoms with van der Waals surface area (Å²) >= 11 is 3.30. The SMILES string of the molecule is O=C(Oc1ccccn1)c1ccc(Br)cc1. The van der Waals surface area contributed by atoms with E-state index in [9.17, 15) is 4.79 Å². The molecule has 0 radical (unpaired) electrons. The van der Waals surface area contributed by atoms with Gasteiger partial charge in [0.1, 0.15) is 0 Å². The van der Waals surface area contributed by atoms with Crippen molar-refractivity contribution in [3.8, 4) is 5.88 Å². The van der Waals surface area contributed by atoms with E-state index < -0.39 is 5.97 Å². The summed E-state index contributed by atoms with van der Waals surface area (Å²) in [6.07, 6.45) is 1.57. The van der Waals surface area contributed by atoms with Crippen molar-refractivity contribution in [1.29, 1.82) is 0 Å². The molecule has 3 nitrogen and oxygen atoms in total. The number of hydrogen-bond donors (Lipinski definition) is 0. The largest absolute Gasteiger partial charge is 0.404 e. The number of nitrogens with zero attached hydrogens (tertiary/aromatic N) is 1. The first-order valence-electron chi connectivity index (χ1n) is 4.64. The van der Waals surface area contributed by atoms with Crippen molar-refractivity contribution >= 4 is 21.9 Å². The number of aromatic nitrogens is 1. The molecule has 4 heteroatoms. The van der Waals surface area contributed by atoms with Crippen molar-refractivity contribution in [3.05, 3.63) is 58.7 Å². The van der Waals surface area contributed by atoms with Crippen LogP contribution < -0.4 is 4.74 Å². The predicted molar refractivity (Wildman–Crippen MR) is 63.3 cm³/mol. The van der Waals surface area contributed by atoms with Crippen LogP contribution in [0.3, 0.4) is 0 Å². The van der Waals surface area contributed by atoms with Crippen molar-refractivity contribution in [2.24, 2.45) is 0 Å². The maximum Gasteiger partial charge on any atom is 0.344 e. The van der Waals surface area contributed by atoms with Crippen molar-refractivity contribution in [2.75, 3.05) is 0 Å². The smallest absolute Gasteiger partial charge is 0.344 e. The van der Waals surface area contributed by atoms with Crippen molar-refractivity contribution < 1.29 is 9.53 Å². The standard InChI is InChI=1S/C12H8BrNO2/c13-10-6-4-9(5-7-10)12(15)16-11-3-1-2-8-14-11/h1-8H. The molecule has 0 atom stereocenters. The highest BCUT2D eigenvalue weighted by molar-refractivity contribution is 9.10. The van der Waals surface area contributed by atoms with E-state index in [1.54, 1.807) is 48.7 Å². The van der Waals surface area contributed by atoms with Gasteiger partial charge in [-0.1, -0.05) is 22.0 Å². The van der Waals surface area contributed by atoms with Gasteiger partial charge in [0.15, 0.2) is 0 Å². The third kappa shape index (κ3) is 2.67. The molecule has 0 fully saturated rings. The predicted octanol–water partition coefficient (Wildman–Crippen LogP) is 3.06. The Kier molecular flexibility index (Phi) is 3.31. The number of halogens is 1. The zero-order valence-corrected chi connectivity index (χ0v) is 9.85. The summed E-state index contributed by atoms with van der Waals surface area (Å²) in [6.45, 7) is 0.